The number of nitrogens with one attached hydrogen (secondary N) is 1. The number of amides is 1. The Morgan fingerprint density at radius 2 is 1.83 bits per heavy atom. The summed E-state index contributed by atoms with van der Waals surface area (Å²) in [5, 5.41) is 3.30. The summed E-state index contributed by atoms with van der Waals surface area (Å²) in [4.78, 5) is 13.9. The van der Waals surface area contributed by atoms with Crippen molar-refractivity contribution in [3.63, 3.8) is 0 Å². The van der Waals surface area contributed by atoms with Crippen LogP contribution in [0.25, 0.3) is 0 Å². The van der Waals surface area contributed by atoms with Crippen molar-refractivity contribution < 1.29 is 4.79 Å². The van der Waals surface area contributed by atoms with Crippen molar-refractivity contribution in [1.29, 1.82) is 0 Å². The minimum Gasteiger partial charge on any atom is -0.385 e. The molecule has 0 saturated carbocycles. The van der Waals surface area contributed by atoms with Crippen molar-refractivity contribution in [2.24, 2.45) is 0 Å². The summed E-state index contributed by atoms with van der Waals surface area (Å²) in [7, 11) is 1.86. The molecule has 0 aliphatic heterocycles. The first-order valence-corrected chi connectivity index (χ1v) is 6.78. The van der Waals surface area contributed by atoms with E-state index in [0.717, 1.165) is 43.6 Å². The average molecular weight is 248 g/mol. The molecule has 0 spiro atoms. The zero-order valence-electron chi connectivity index (χ0n) is 11.7. The standard InChI is InChI=1S/C15H24N2O/c1-4-6-12-17(3)15(18)13-7-9-14(10-8-13)16-11-5-2/h7-10,16H,4-6,11-12H2,1-3H3. The largest absolute Gasteiger partial charge is 0.385 e. The van der Waals surface area contributed by atoms with E-state index in [9.17, 15) is 4.79 Å². The van der Waals surface area contributed by atoms with Crippen LogP contribution >= 0.6 is 0 Å². The van der Waals surface area contributed by atoms with E-state index in [1.54, 1.807) is 4.90 Å². The van der Waals surface area contributed by atoms with E-state index in [0.29, 0.717) is 0 Å². The Balaban J connectivity index is 2.58. The Labute approximate surface area is 110 Å². The summed E-state index contributed by atoms with van der Waals surface area (Å²) in [5.74, 6) is 0.102. The van der Waals surface area contributed by atoms with Crippen LogP contribution < -0.4 is 5.32 Å². The van der Waals surface area contributed by atoms with Crippen molar-refractivity contribution >= 4 is 11.6 Å². The van der Waals surface area contributed by atoms with Crippen LogP contribution in [0.15, 0.2) is 24.3 Å². The van der Waals surface area contributed by atoms with Crippen LogP contribution in [-0.2, 0) is 0 Å². The van der Waals surface area contributed by atoms with E-state index in [1.165, 1.54) is 0 Å². The molecule has 0 unspecified atom stereocenters. The lowest BCUT2D eigenvalue weighted by atomic mass is 10.1. The van der Waals surface area contributed by atoms with Crippen molar-refractivity contribution in [2.45, 2.75) is 33.1 Å². The molecule has 3 nitrogen and oxygen atoms in total. The highest BCUT2D eigenvalue weighted by atomic mass is 16.2. The van der Waals surface area contributed by atoms with Crippen LogP contribution in [0.5, 0.6) is 0 Å². The fourth-order valence-corrected chi connectivity index (χ4v) is 1.72. The SMILES string of the molecule is CCCCN(C)C(=O)c1ccc(NCCC)cc1. The molecule has 3 heteroatoms. The number of carbonyl (C=O) groups is 1. The molecule has 0 saturated heterocycles. The molecule has 0 aromatic heterocycles. The van der Waals surface area contributed by atoms with Gasteiger partial charge in [0.1, 0.15) is 0 Å². The normalized spacial score (nSPS) is 10.2. The molecule has 0 fully saturated rings. The van der Waals surface area contributed by atoms with E-state index >= 15 is 0 Å². The highest BCUT2D eigenvalue weighted by Crippen LogP contribution is 2.11. The predicted molar refractivity (Wildman–Crippen MR) is 77.1 cm³/mol. The van der Waals surface area contributed by atoms with Gasteiger partial charge < -0.3 is 10.2 Å². The zero-order chi connectivity index (χ0) is 13.4. The van der Waals surface area contributed by atoms with Crippen molar-refractivity contribution in [2.75, 3.05) is 25.5 Å². The second kappa shape index (κ2) is 7.75. The maximum Gasteiger partial charge on any atom is 0.253 e. The summed E-state index contributed by atoms with van der Waals surface area (Å²) >= 11 is 0. The molecule has 1 aromatic rings. The topological polar surface area (TPSA) is 32.3 Å². The van der Waals surface area contributed by atoms with E-state index in [4.69, 9.17) is 0 Å². The third-order valence-electron chi connectivity index (χ3n) is 2.90. The number of carbonyl (C=O) groups excluding carboxylic acids is 1. The molecule has 0 radical (unpaired) electrons. The van der Waals surface area contributed by atoms with Gasteiger partial charge >= 0.3 is 0 Å². The molecular formula is C15H24N2O. The lowest BCUT2D eigenvalue weighted by Crippen LogP contribution is -2.27. The molecule has 1 amide bonds. The smallest absolute Gasteiger partial charge is 0.253 e. The summed E-state index contributed by atoms with van der Waals surface area (Å²) in [5.41, 5.74) is 1.83. The summed E-state index contributed by atoms with van der Waals surface area (Å²) in [6, 6.07) is 7.72. The number of hydrogen-bond donors (Lipinski definition) is 1. The molecule has 0 aliphatic rings. The Morgan fingerprint density at radius 3 is 2.39 bits per heavy atom. The second-order valence-electron chi connectivity index (χ2n) is 4.58. The fourth-order valence-electron chi connectivity index (χ4n) is 1.72. The third-order valence-corrected chi connectivity index (χ3v) is 2.90. The predicted octanol–water partition coefficient (Wildman–Crippen LogP) is 3.38. The van der Waals surface area contributed by atoms with Crippen LogP contribution in [0.3, 0.4) is 0 Å². The van der Waals surface area contributed by atoms with Gasteiger partial charge in [-0.1, -0.05) is 20.3 Å². The monoisotopic (exact) mass is 248 g/mol. The minimum atomic E-state index is 0.102. The third kappa shape index (κ3) is 4.40. The number of unbranched alkanes of at least 4 members (excludes halogenated alkanes) is 1. The number of hydrogen-bond acceptors (Lipinski definition) is 2. The van der Waals surface area contributed by atoms with Gasteiger partial charge in [-0.05, 0) is 37.1 Å². The molecule has 18 heavy (non-hydrogen) atoms. The van der Waals surface area contributed by atoms with Crippen molar-refractivity contribution in [3.8, 4) is 0 Å². The van der Waals surface area contributed by atoms with Crippen LogP contribution in [-0.4, -0.2) is 30.9 Å². The van der Waals surface area contributed by atoms with Gasteiger partial charge in [-0.3, -0.25) is 4.79 Å². The van der Waals surface area contributed by atoms with Crippen LogP contribution in [0, 0.1) is 0 Å². The van der Waals surface area contributed by atoms with Crippen molar-refractivity contribution in [3.05, 3.63) is 29.8 Å². The molecule has 0 atom stereocenters. The summed E-state index contributed by atoms with van der Waals surface area (Å²) < 4.78 is 0. The summed E-state index contributed by atoms with van der Waals surface area (Å²) in [6.07, 6.45) is 3.26. The second-order valence-corrected chi connectivity index (χ2v) is 4.58. The molecule has 100 valence electrons. The molecule has 1 N–H and O–H groups in total. The average Bonchev–Trinajstić information content (AvgIpc) is 2.42. The number of anilines is 1. The number of benzene rings is 1. The van der Waals surface area contributed by atoms with Gasteiger partial charge in [-0.2, -0.15) is 0 Å². The van der Waals surface area contributed by atoms with E-state index in [1.807, 2.05) is 31.3 Å². The van der Waals surface area contributed by atoms with E-state index in [-0.39, 0.29) is 5.91 Å². The maximum atomic E-state index is 12.1. The first kappa shape index (κ1) is 14.6. The first-order chi connectivity index (χ1) is 8.69. The molecule has 1 aromatic carbocycles. The van der Waals surface area contributed by atoms with Crippen LogP contribution in [0.1, 0.15) is 43.5 Å². The molecule has 1 rings (SSSR count). The Bertz CT molecular complexity index is 359. The Morgan fingerprint density at radius 1 is 1.17 bits per heavy atom. The fraction of sp³-hybridized carbons (Fsp3) is 0.533. The first-order valence-electron chi connectivity index (χ1n) is 6.78. The van der Waals surface area contributed by atoms with Gasteiger partial charge in [0.2, 0.25) is 0 Å². The van der Waals surface area contributed by atoms with Gasteiger partial charge in [0.15, 0.2) is 0 Å². The molecule has 0 heterocycles. The van der Waals surface area contributed by atoms with E-state index in [2.05, 4.69) is 19.2 Å². The quantitative estimate of drug-likeness (QED) is 0.802. The molecule has 0 bridgehead atoms. The highest BCUT2D eigenvalue weighted by molar-refractivity contribution is 5.94. The van der Waals surface area contributed by atoms with Gasteiger partial charge in [-0.25, -0.2) is 0 Å². The minimum absolute atomic E-state index is 0.102. The number of nitrogens with zero attached hydrogens (tertiary/aromatic N) is 1. The molecule has 0 aliphatic carbocycles. The number of rotatable bonds is 7. The van der Waals surface area contributed by atoms with Gasteiger partial charge in [0.25, 0.3) is 5.91 Å². The van der Waals surface area contributed by atoms with Gasteiger partial charge in [-0.15, -0.1) is 0 Å². The highest BCUT2D eigenvalue weighted by Gasteiger charge is 2.10. The zero-order valence-corrected chi connectivity index (χ0v) is 11.7. The lowest BCUT2D eigenvalue weighted by molar-refractivity contribution is 0.0793. The summed E-state index contributed by atoms with van der Waals surface area (Å²) in [6.45, 7) is 6.05. The Hall–Kier alpha value is -1.51. The Kier molecular flexibility index (Phi) is 6.26. The van der Waals surface area contributed by atoms with Gasteiger partial charge in [0, 0.05) is 31.4 Å². The van der Waals surface area contributed by atoms with Crippen LogP contribution in [0.2, 0.25) is 0 Å². The lowest BCUT2D eigenvalue weighted by Gasteiger charge is -2.17. The maximum absolute atomic E-state index is 12.1. The van der Waals surface area contributed by atoms with Crippen molar-refractivity contribution in [1.82, 2.24) is 4.90 Å². The molecular weight excluding hydrogens is 224 g/mol. The van der Waals surface area contributed by atoms with E-state index < -0.39 is 0 Å². The van der Waals surface area contributed by atoms with Crippen LogP contribution in [0.4, 0.5) is 5.69 Å². The van der Waals surface area contributed by atoms with Gasteiger partial charge in [0.05, 0.1) is 0 Å².